The monoisotopic (exact) mass is 400 g/mol. The molecule has 8 heteroatoms. The molecule has 0 saturated carbocycles. The highest BCUT2D eigenvalue weighted by Gasteiger charge is 2.18. The van der Waals surface area contributed by atoms with E-state index in [1.54, 1.807) is 30.9 Å². The van der Waals surface area contributed by atoms with Crippen molar-refractivity contribution < 1.29 is 9.47 Å². The van der Waals surface area contributed by atoms with Gasteiger partial charge in [0.25, 0.3) is 5.56 Å². The normalized spacial score (nSPS) is 15.8. The van der Waals surface area contributed by atoms with Crippen LogP contribution in [0.2, 0.25) is 0 Å². The van der Waals surface area contributed by atoms with E-state index in [1.165, 1.54) is 16.9 Å². The van der Waals surface area contributed by atoms with Crippen molar-refractivity contribution >= 4 is 16.3 Å². The van der Waals surface area contributed by atoms with Crippen molar-refractivity contribution in [3.8, 4) is 11.5 Å². The number of methoxy groups -OCH3 is 2. The fourth-order valence-electron chi connectivity index (χ4n) is 3.54. The molecule has 0 atom stereocenters. The van der Waals surface area contributed by atoms with Crippen LogP contribution in [-0.2, 0) is 13.1 Å². The van der Waals surface area contributed by atoms with Crippen LogP contribution in [0.4, 0.5) is 0 Å². The van der Waals surface area contributed by atoms with Crippen molar-refractivity contribution in [3.63, 3.8) is 0 Å². The summed E-state index contributed by atoms with van der Waals surface area (Å²) in [7, 11) is 3.31. The predicted molar refractivity (Wildman–Crippen MR) is 109 cm³/mol. The van der Waals surface area contributed by atoms with E-state index in [0.717, 1.165) is 54.9 Å². The number of ether oxygens (including phenoxy) is 2. The van der Waals surface area contributed by atoms with Gasteiger partial charge in [-0.15, -0.1) is 11.3 Å². The van der Waals surface area contributed by atoms with Crippen LogP contribution >= 0.6 is 11.3 Å². The first kappa shape index (κ1) is 18.9. The summed E-state index contributed by atoms with van der Waals surface area (Å²) < 4.78 is 12.3. The first-order chi connectivity index (χ1) is 13.7. The van der Waals surface area contributed by atoms with Gasteiger partial charge in [-0.05, 0) is 17.7 Å². The molecule has 0 radical (unpaired) electrons. The second-order valence-corrected chi connectivity index (χ2v) is 7.76. The molecule has 3 aromatic rings. The predicted octanol–water partition coefficient (Wildman–Crippen LogP) is 2.09. The number of hydrogen-bond acceptors (Lipinski definition) is 7. The summed E-state index contributed by atoms with van der Waals surface area (Å²) in [5.41, 5.74) is 2.05. The lowest BCUT2D eigenvalue weighted by Crippen LogP contribution is -2.45. The summed E-state index contributed by atoms with van der Waals surface area (Å²) in [5, 5.41) is 1.89. The van der Waals surface area contributed by atoms with E-state index in [0.29, 0.717) is 6.54 Å². The maximum Gasteiger partial charge on any atom is 0.258 e. The second-order valence-electron chi connectivity index (χ2n) is 6.88. The Labute approximate surface area is 167 Å². The Bertz CT molecular complexity index is 1010. The van der Waals surface area contributed by atoms with Crippen molar-refractivity contribution in [2.24, 2.45) is 0 Å². The Morgan fingerprint density at radius 1 is 1.00 bits per heavy atom. The number of fused-ring (bicyclic) bond motifs is 1. The largest absolute Gasteiger partial charge is 0.493 e. The van der Waals surface area contributed by atoms with Crippen molar-refractivity contribution in [1.82, 2.24) is 19.2 Å². The highest BCUT2D eigenvalue weighted by molar-refractivity contribution is 7.15. The van der Waals surface area contributed by atoms with Crippen LogP contribution < -0.4 is 15.0 Å². The van der Waals surface area contributed by atoms with Gasteiger partial charge >= 0.3 is 0 Å². The van der Waals surface area contributed by atoms with E-state index in [9.17, 15) is 4.79 Å². The molecule has 1 saturated heterocycles. The molecule has 1 aliphatic heterocycles. The number of thiazole rings is 1. The molecule has 1 aliphatic rings. The highest BCUT2D eigenvalue weighted by Crippen LogP contribution is 2.28. The van der Waals surface area contributed by atoms with Gasteiger partial charge in [-0.3, -0.25) is 19.0 Å². The molecule has 0 unspecified atom stereocenters. The van der Waals surface area contributed by atoms with Gasteiger partial charge in [-0.1, -0.05) is 6.07 Å². The van der Waals surface area contributed by atoms with E-state index < -0.39 is 0 Å². The molecule has 7 nitrogen and oxygen atoms in total. The lowest BCUT2D eigenvalue weighted by atomic mass is 10.1. The lowest BCUT2D eigenvalue weighted by molar-refractivity contribution is 0.121. The molecule has 3 heterocycles. The summed E-state index contributed by atoms with van der Waals surface area (Å²) in [4.78, 5) is 22.3. The Kier molecular flexibility index (Phi) is 5.61. The topological polar surface area (TPSA) is 59.3 Å². The maximum absolute atomic E-state index is 12.1. The lowest BCUT2D eigenvalue weighted by Gasteiger charge is -2.34. The molecular weight excluding hydrogens is 376 g/mol. The molecule has 0 amide bonds. The summed E-state index contributed by atoms with van der Waals surface area (Å²) in [6.07, 6.45) is 1.77. The maximum atomic E-state index is 12.1. The molecule has 1 fully saturated rings. The molecule has 148 valence electrons. The van der Waals surface area contributed by atoms with Crippen LogP contribution in [0.25, 0.3) is 4.96 Å². The van der Waals surface area contributed by atoms with Gasteiger partial charge in [-0.25, -0.2) is 4.98 Å². The van der Waals surface area contributed by atoms with Gasteiger partial charge in [0, 0.05) is 56.9 Å². The molecule has 0 N–H and O–H groups in total. The summed E-state index contributed by atoms with van der Waals surface area (Å²) in [5.74, 6) is 1.52. The molecule has 0 spiro atoms. The van der Waals surface area contributed by atoms with Gasteiger partial charge in [-0.2, -0.15) is 0 Å². The number of piperazine rings is 1. The first-order valence-corrected chi connectivity index (χ1v) is 10.2. The van der Waals surface area contributed by atoms with Crippen molar-refractivity contribution in [2.45, 2.75) is 13.1 Å². The van der Waals surface area contributed by atoms with Gasteiger partial charge in [0.1, 0.15) is 0 Å². The first-order valence-electron chi connectivity index (χ1n) is 9.27. The minimum Gasteiger partial charge on any atom is -0.493 e. The second kappa shape index (κ2) is 8.30. The van der Waals surface area contributed by atoms with E-state index in [-0.39, 0.29) is 5.56 Å². The average Bonchev–Trinajstić information content (AvgIpc) is 3.18. The molecule has 0 aliphatic carbocycles. The number of rotatable bonds is 6. The van der Waals surface area contributed by atoms with Crippen LogP contribution in [0.5, 0.6) is 11.5 Å². The zero-order valence-corrected chi connectivity index (χ0v) is 16.9. The molecule has 4 rings (SSSR count). The Morgan fingerprint density at radius 3 is 2.43 bits per heavy atom. The average molecular weight is 401 g/mol. The minimum atomic E-state index is -0.00617. The number of benzene rings is 1. The van der Waals surface area contributed by atoms with E-state index in [2.05, 4.69) is 20.9 Å². The van der Waals surface area contributed by atoms with Crippen molar-refractivity contribution in [1.29, 1.82) is 0 Å². The van der Waals surface area contributed by atoms with Gasteiger partial charge in [0.15, 0.2) is 16.5 Å². The summed E-state index contributed by atoms with van der Waals surface area (Å²) >= 11 is 1.49. The number of aromatic nitrogens is 2. The fourth-order valence-corrected chi connectivity index (χ4v) is 4.28. The van der Waals surface area contributed by atoms with E-state index >= 15 is 0 Å². The molecule has 0 bridgehead atoms. The van der Waals surface area contributed by atoms with Crippen LogP contribution in [0, 0.1) is 0 Å². The minimum absolute atomic E-state index is 0.00617. The van der Waals surface area contributed by atoms with Crippen LogP contribution in [0.15, 0.2) is 40.6 Å². The molecule has 1 aromatic carbocycles. The van der Waals surface area contributed by atoms with Crippen molar-refractivity contribution in [3.05, 3.63) is 57.5 Å². The third-order valence-corrected chi connectivity index (χ3v) is 5.82. The van der Waals surface area contributed by atoms with Crippen LogP contribution in [0.3, 0.4) is 0 Å². The number of hydrogen-bond donors (Lipinski definition) is 0. The van der Waals surface area contributed by atoms with Gasteiger partial charge in [0.05, 0.1) is 19.9 Å². The van der Waals surface area contributed by atoms with E-state index in [1.807, 2.05) is 17.5 Å². The third-order valence-electron chi connectivity index (χ3n) is 5.06. The Balaban J connectivity index is 1.34. The van der Waals surface area contributed by atoms with E-state index in [4.69, 9.17) is 9.47 Å². The zero-order valence-electron chi connectivity index (χ0n) is 16.1. The molecule has 2 aromatic heterocycles. The number of nitrogens with zero attached hydrogens (tertiary/aromatic N) is 4. The Hall–Kier alpha value is -2.42. The SMILES string of the molecule is COc1ccc(CN2CCN(Cc3cc(=O)n4ccsc4n3)CC2)cc1OC. The fraction of sp³-hybridized carbons (Fsp3) is 0.400. The molecule has 28 heavy (non-hydrogen) atoms. The van der Waals surface area contributed by atoms with Gasteiger partial charge in [0.2, 0.25) is 0 Å². The quantitative estimate of drug-likeness (QED) is 0.632. The third kappa shape index (κ3) is 4.04. The Morgan fingerprint density at radius 2 is 1.71 bits per heavy atom. The standard InChI is InChI=1S/C20H24N4O3S/c1-26-17-4-3-15(11-18(17)27-2)13-22-5-7-23(8-6-22)14-16-12-19(25)24-9-10-28-20(24)21-16/h3-4,9-12H,5-8,13-14H2,1-2H3. The van der Waals surface area contributed by atoms with Gasteiger partial charge < -0.3 is 9.47 Å². The summed E-state index contributed by atoms with van der Waals surface area (Å²) in [6.45, 7) is 5.48. The molecular formula is C20H24N4O3S. The summed E-state index contributed by atoms with van der Waals surface area (Å²) in [6, 6.07) is 7.73. The van der Waals surface area contributed by atoms with Crippen LogP contribution in [-0.4, -0.2) is 59.6 Å². The highest BCUT2D eigenvalue weighted by atomic mass is 32.1. The zero-order chi connectivity index (χ0) is 19.5. The van der Waals surface area contributed by atoms with Crippen LogP contribution in [0.1, 0.15) is 11.3 Å². The smallest absolute Gasteiger partial charge is 0.258 e. The van der Waals surface area contributed by atoms with Crippen molar-refractivity contribution in [2.75, 3.05) is 40.4 Å².